The molecule has 12 heavy (non-hydrogen) atoms. The molecule has 0 amide bonds. The molecule has 0 radical (unpaired) electrons. The quantitative estimate of drug-likeness (QED) is 0.621. The standard InChI is InChI=1S/C11H12O/c1-9-5-3-4-6-11(9)10(2)7-8-12/h3-6,8H,2,7H2,1H3. The molecule has 0 aromatic heterocycles. The Bertz CT molecular complexity index is 300. The van der Waals surface area contributed by atoms with Gasteiger partial charge in [-0.3, -0.25) is 0 Å². The third-order valence-corrected chi connectivity index (χ3v) is 1.86. The molecular formula is C11H12O. The molecule has 1 nitrogen and oxygen atoms in total. The number of carbonyl (C=O) groups excluding carboxylic acids is 1. The van der Waals surface area contributed by atoms with Crippen molar-refractivity contribution >= 4 is 11.9 Å². The summed E-state index contributed by atoms with van der Waals surface area (Å²) in [6, 6.07) is 7.94. The van der Waals surface area contributed by atoms with Crippen LogP contribution in [0.2, 0.25) is 0 Å². The van der Waals surface area contributed by atoms with E-state index >= 15 is 0 Å². The summed E-state index contributed by atoms with van der Waals surface area (Å²) in [7, 11) is 0. The highest BCUT2D eigenvalue weighted by Gasteiger charge is 1.99. The zero-order chi connectivity index (χ0) is 8.97. The second-order valence-corrected chi connectivity index (χ2v) is 2.79. The van der Waals surface area contributed by atoms with Crippen LogP contribution < -0.4 is 0 Å². The largest absolute Gasteiger partial charge is 0.303 e. The Kier molecular flexibility index (Phi) is 2.81. The van der Waals surface area contributed by atoms with Crippen molar-refractivity contribution in [2.45, 2.75) is 13.3 Å². The number of benzene rings is 1. The number of hydrogen-bond donors (Lipinski definition) is 0. The number of carbonyl (C=O) groups is 1. The predicted molar refractivity (Wildman–Crippen MR) is 50.9 cm³/mol. The minimum absolute atomic E-state index is 0.421. The lowest BCUT2D eigenvalue weighted by molar-refractivity contribution is -0.107. The van der Waals surface area contributed by atoms with Gasteiger partial charge in [-0.2, -0.15) is 0 Å². The lowest BCUT2D eigenvalue weighted by atomic mass is 10.0. The van der Waals surface area contributed by atoms with Crippen LogP contribution in [0.1, 0.15) is 17.5 Å². The van der Waals surface area contributed by atoms with E-state index in [0.29, 0.717) is 6.42 Å². The van der Waals surface area contributed by atoms with Gasteiger partial charge >= 0.3 is 0 Å². The van der Waals surface area contributed by atoms with Crippen LogP contribution >= 0.6 is 0 Å². The average molecular weight is 160 g/mol. The van der Waals surface area contributed by atoms with E-state index in [9.17, 15) is 4.79 Å². The molecular weight excluding hydrogens is 148 g/mol. The Hall–Kier alpha value is -1.37. The Morgan fingerprint density at radius 3 is 2.75 bits per heavy atom. The summed E-state index contributed by atoms with van der Waals surface area (Å²) in [4.78, 5) is 10.2. The molecule has 0 aliphatic carbocycles. The molecule has 0 atom stereocenters. The van der Waals surface area contributed by atoms with E-state index < -0.39 is 0 Å². The molecule has 1 rings (SSSR count). The number of allylic oxidation sites excluding steroid dienone is 1. The van der Waals surface area contributed by atoms with Crippen molar-refractivity contribution in [3.63, 3.8) is 0 Å². The molecule has 62 valence electrons. The average Bonchev–Trinajstić information content (AvgIpc) is 2.05. The van der Waals surface area contributed by atoms with Gasteiger partial charge in [0.1, 0.15) is 6.29 Å². The van der Waals surface area contributed by atoms with E-state index in [4.69, 9.17) is 0 Å². The third kappa shape index (κ3) is 1.82. The molecule has 1 aromatic rings. The summed E-state index contributed by atoms with van der Waals surface area (Å²) in [5, 5.41) is 0. The highest BCUT2D eigenvalue weighted by Crippen LogP contribution is 2.18. The maximum Gasteiger partial charge on any atom is 0.124 e. The molecule has 0 saturated carbocycles. The zero-order valence-electron chi connectivity index (χ0n) is 7.21. The fraction of sp³-hybridized carbons (Fsp3) is 0.182. The molecule has 0 heterocycles. The predicted octanol–water partition coefficient (Wildman–Crippen LogP) is 2.60. The van der Waals surface area contributed by atoms with Gasteiger partial charge in [0, 0.05) is 6.42 Å². The van der Waals surface area contributed by atoms with Crippen LogP contribution in [0.5, 0.6) is 0 Å². The SMILES string of the molecule is C=C(CC=O)c1ccccc1C. The Balaban J connectivity index is 2.94. The van der Waals surface area contributed by atoms with Crippen molar-refractivity contribution < 1.29 is 4.79 Å². The van der Waals surface area contributed by atoms with Crippen molar-refractivity contribution in [3.8, 4) is 0 Å². The fourth-order valence-electron chi connectivity index (χ4n) is 1.18. The van der Waals surface area contributed by atoms with Gasteiger partial charge in [-0.25, -0.2) is 0 Å². The van der Waals surface area contributed by atoms with E-state index in [1.54, 1.807) is 0 Å². The van der Waals surface area contributed by atoms with Crippen LogP contribution in [0.4, 0.5) is 0 Å². The third-order valence-electron chi connectivity index (χ3n) is 1.86. The minimum atomic E-state index is 0.421. The first-order valence-electron chi connectivity index (χ1n) is 3.93. The molecule has 1 heteroatoms. The normalized spacial score (nSPS) is 9.42. The lowest BCUT2D eigenvalue weighted by Crippen LogP contribution is -1.87. The molecule has 1 aromatic carbocycles. The second-order valence-electron chi connectivity index (χ2n) is 2.79. The van der Waals surface area contributed by atoms with E-state index in [1.807, 2.05) is 31.2 Å². The van der Waals surface area contributed by atoms with Crippen molar-refractivity contribution in [1.82, 2.24) is 0 Å². The zero-order valence-corrected chi connectivity index (χ0v) is 7.21. The second kappa shape index (κ2) is 3.86. The summed E-state index contributed by atoms with van der Waals surface area (Å²) in [5.41, 5.74) is 3.15. The van der Waals surface area contributed by atoms with Crippen molar-refractivity contribution in [3.05, 3.63) is 42.0 Å². The summed E-state index contributed by atoms with van der Waals surface area (Å²) in [5.74, 6) is 0. The van der Waals surface area contributed by atoms with Crippen LogP contribution in [-0.2, 0) is 4.79 Å². The van der Waals surface area contributed by atoms with Crippen LogP contribution in [0.25, 0.3) is 5.57 Å². The highest BCUT2D eigenvalue weighted by atomic mass is 16.1. The van der Waals surface area contributed by atoms with E-state index in [-0.39, 0.29) is 0 Å². The molecule has 0 spiro atoms. The van der Waals surface area contributed by atoms with Crippen LogP contribution in [0.15, 0.2) is 30.8 Å². The summed E-state index contributed by atoms with van der Waals surface area (Å²) in [6.45, 7) is 5.86. The lowest BCUT2D eigenvalue weighted by Gasteiger charge is -2.04. The monoisotopic (exact) mass is 160 g/mol. The van der Waals surface area contributed by atoms with E-state index in [0.717, 1.165) is 17.4 Å². The van der Waals surface area contributed by atoms with Gasteiger partial charge in [0.25, 0.3) is 0 Å². The summed E-state index contributed by atoms with van der Waals surface area (Å²) >= 11 is 0. The van der Waals surface area contributed by atoms with Crippen molar-refractivity contribution in [1.29, 1.82) is 0 Å². The first-order chi connectivity index (χ1) is 5.75. The highest BCUT2D eigenvalue weighted by molar-refractivity contribution is 5.76. The van der Waals surface area contributed by atoms with Gasteiger partial charge in [0.2, 0.25) is 0 Å². The van der Waals surface area contributed by atoms with Gasteiger partial charge < -0.3 is 4.79 Å². The smallest absolute Gasteiger partial charge is 0.124 e. The van der Waals surface area contributed by atoms with Gasteiger partial charge in [0.15, 0.2) is 0 Å². The molecule has 0 fully saturated rings. The topological polar surface area (TPSA) is 17.1 Å². The van der Waals surface area contributed by atoms with Crippen LogP contribution in [0.3, 0.4) is 0 Å². The van der Waals surface area contributed by atoms with Gasteiger partial charge in [-0.05, 0) is 23.6 Å². The number of aryl methyl sites for hydroxylation is 1. The first kappa shape index (κ1) is 8.72. The Morgan fingerprint density at radius 2 is 2.17 bits per heavy atom. The minimum Gasteiger partial charge on any atom is -0.303 e. The van der Waals surface area contributed by atoms with E-state index in [1.165, 1.54) is 5.56 Å². The Labute approximate surface area is 72.7 Å². The molecule has 0 saturated heterocycles. The van der Waals surface area contributed by atoms with Crippen molar-refractivity contribution in [2.24, 2.45) is 0 Å². The number of hydrogen-bond acceptors (Lipinski definition) is 1. The number of rotatable bonds is 3. The summed E-state index contributed by atoms with van der Waals surface area (Å²) in [6.07, 6.45) is 1.31. The van der Waals surface area contributed by atoms with E-state index in [2.05, 4.69) is 6.58 Å². The number of aldehydes is 1. The van der Waals surface area contributed by atoms with Crippen molar-refractivity contribution in [2.75, 3.05) is 0 Å². The van der Waals surface area contributed by atoms with Gasteiger partial charge in [-0.15, -0.1) is 0 Å². The first-order valence-corrected chi connectivity index (χ1v) is 3.93. The maximum absolute atomic E-state index is 10.2. The fourth-order valence-corrected chi connectivity index (χ4v) is 1.18. The van der Waals surface area contributed by atoms with Crippen LogP contribution in [0, 0.1) is 6.92 Å². The maximum atomic E-state index is 10.2. The Morgan fingerprint density at radius 1 is 1.50 bits per heavy atom. The molecule has 0 aliphatic heterocycles. The molecule has 0 unspecified atom stereocenters. The molecule has 0 bridgehead atoms. The summed E-state index contributed by atoms with van der Waals surface area (Å²) < 4.78 is 0. The molecule has 0 N–H and O–H groups in total. The van der Waals surface area contributed by atoms with Gasteiger partial charge in [0.05, 0.1) is 0 Å². The molecule has 0 aliphatic rings. The van der Waals surface area contributed by atoms with Gasteiger partial charge in [-0.1, -0.05) is 30.8 Å². The van der Waals surface area contributed by atoms with Crippen LogP contribution in [-0.4, -0.2) is 6.29 Å².